The Kier molecular flexibility index (Phi) is 10.6. The fourth-order valence-corrected chi connectivity index (χ4v) is 10.7. The van der Waals surface area contributed by atoms with Crippen LogP contribution < -0.4 is 4.90 Å². The zero-order valence-electron chi connectivity index (χ0n) is 38.0. The van der Waals surface area contributed by atoms with Crippen LogP contribution >= 0.6 is 0 Å². The third-order valence-corrected chi connectivity index (χ3v) is 13.9. The van der Waals surface area contributed by atoms with Crippen LogP contribution in [0, 0.1) is 0 Å². The molecule has 0 fully saturated rings. The van der Waals surface area contributed by atoms with Crippen molar-refractivity contribution >= 4 is 17.1 Å². The highest BCUT2D eigenvalue weighted by Gasteiger charge is 2.46. The van der Waals surface area contributed by atoms with Crippen molar-refractivity contribution in [2.24, 2.45) is 0 Å². The van der Waals surface area contributed by atoms with Crippen LogP contribution in [0.5, 0.6) is 5.75 Å². The van der Waals surface area contributed by atoms with Crippen molar-refractivity contribution in [3.8, 4) is 72.5 Å². The predicted molar refractivity (Wildman–Crippen MR) is 287 cm³/mol. The van der Waals surface area contributed by atoms with E-state index in [-0.39, 0.29) is 5.75 Å². The molecule has 0 bridgehead atoms. The number of phenolic OH excluding ortho intramolecular Hbond substituents is 1. The molecule has 0 aliphatic heterocycles. The molecule has 1 aliphatic rings. The summed E-state index contributed by atoms with van der Waals surface area (Å²) >= 11 is 0. The number of nitrogens with zero attached hydrogens (tertiary/aromatic N) is 1. The minimum atomic E-state index is -0.478. The van der Waals surface area contributed by atoms with Gasteiger partial charge in [0, 0.05) is 22.5 Å². The van der Waals surface area contributed by atoms with Gasteiger partial charge >= 0.3 is 0 Å². The van der Waals surface area contributed by atoms with Gasteiger partial charge in [-0.3, -0.25) is 0 Å². The van der Waals surface area contributed by atoms with E-state index in [1.54, 1.807) is 6.07 Å². The first kappa shape index (κ1) is 41.5. The zero-order chi connectivity index (χ0) is 46.2. The van der Waals surface area contributed by atoms with Gasteiger partial charge in [0.25, 0.3) is 0 Å². The van der Waals surface area contributed by atoms with Gasteiger partial charge < -0.3 is 10.0 Å². The van der Waals surface area contributed by atoms with Crippen LogP contribution in [0.15, 0.2) is 279 Å². The Morgan fingerprint density at radius 3 is 1.43 bits per heavy atom. The topological polar surface area (TPSA) is 23.5 Å². The maximum atomic E-state index is 10.9. The smallest absolute Gasteiger partial charge is 0.123 e. The number of para-hydroxylation sites is 2. The largest absolute Gasteiger partial charge is 0.507 e. The fraction of sp³-hybridized carbons (Fsp3) is 0.0149. The molecule has 2 heteroatoms. The van der Waals surface area contributed by atoms with Gasteiger partial charge in [-0.25, -0.2) is 0 Å². The SMILES string of the molecule is Oc1ccccc1-c1cccc(-c2ccccc2N(c2ccc(-c3cccc4c3-c3ccccc3C4(c3ccccc3)c3ccccc3)cc2)c2cccc(-c3ccc(-c4ccccc4)cc3)c2)c1. The maximum Gasteiger partial charge on any atom is 0.123 e. The molecule has 0 atom stereocenters. The normalized spacial score (nSPS) is 12.2. The number of fused-ring (bicyclic) bond motifs is 3. The first-order chi connectivity index (χ1) is 34.1. The molecule has 69 heavy (non-hydrogen) atoms. The summed E-state index contributed by atoms with van der Waals surface area (Å²) in [5, 5.41) is 10.9. The molecule has 11 aromatic carbocycles. The second-order valence-electron chi connectivity index (χ2n) is 17.7. The first-order valence-electron chi connectivity index (χ1n) is 23.6. The summed E-state index contributed by atoms with van der Waals surface area (Å²) in [7, 11) is 0. The summed E-state index contributed by atoms with van der Waals surface area (Å²) in [5.74, 6) is 0.261. The molecule has 0 radical (unpaired) electrons. The molecule has 0 saturated carbocycles. The molecule has 0 aromatic heterocycles. The summed E-state index contributed by atoms with van der Waals surface area (Å²) in [5.41, 5.74) is 21.2. The second kappa shape index (κ2) is 17.7. The highest BCUT2D eigenvalue weighted by molar-refractivity contribution is 5.96. The van der Waals surface area contributed by atoms with Crippen LogP contribution in [0.4, 0.5) is 17.1 Å². The molecule has 1 N–H and O–H groups in total. The number of benzene rings is 11. The van der Waals surface area contributed by atoms with Crippen LogP contribution in [0.1, 0.15) is 22.3 Å². The van der Waals surface area contributed by atoms with Crippen LogP contribution in [0.3, 0.4) is 0 Å². The molecule has 11 aromatic rings. The number of hydrogen-bond acceptors (Lipinski definition) is 2. The van der Waals surface area contributed by atoms with Gasteiger partial charge in [0.05, 0.1) is 11.1 Å². The van der Waals surface area contributed by atoms with Crippen molar-refractivity contribution in [3.05, 3.63) is 301 Å². The van der Waals surface area contributed by atoms with Gasteiger partial charge in [-0.1, -0.05) is 237 Å². The molecule has 0 unspecified atom stereocenters. The lowest BCUT2D eigenvalue weighted by Gasteiger charge is -2.34. The second-order valence-corrected chi connectivity index (χ2v) is 17.7. The molecule has 0 amide bonds. The number of aromatic hydroxyl groups is 1. The van der Waals surface area contributed by atoms with E-state index in [1.165, 1.54) is 50.1 Å². The van der Waals surface area contributed by atoms with Crippen molar-refractivity contribution in [1.82, 2.24) is 0 Å². The average Bonchev–Trinajstić information content (AvgIpc) is 3.74. The van der Waals surface area contributed by atoms with Crippen molar-refractivity contribution < 1.29 is 5.11 Å². The lowest BCUT2D eigenvalue weighted by Crippen LogP contribution is -2.28. The van der Waals surface area contributed by atoms with Gasteiger partial charge in [0.2, 0.25) is 0 Å². The fourth-order valence-electron chi connectivity index (χ4n) is 10.7. The van der Waals surface area contributed by atoms with Crippen molar-refractivity contribution in [2.75, 3.05) is 4.90 Å². The Bertz CT molecular complexity index is 3560. The summed E-state index contributed by atoms with van der Waals surface area (Å²) < 4.78 is 0. The molecule has 2 nitrogen and oxygen atoms in total. The van der Waals surface area contributed by atoms with E-state index in [4.69, 9.17) is 0 Å². The molecule has 0 spiro atoms. The van der Waals surface area contributed by atoms with Crippen molar-refractivity contribution in [3.63, 3.8) is 0 Å². The third kappa shape index (κ3) is 7.31. The maximum absolute atomic E-state index is 10.9. The van der Waals surface area contributed by atoms with Crippen LogP contribution in [0.25, 0.3) is 66.8 Å². The van der Waals surface area contributed by atoms with Gasteiger partial charge in [0.1, 0.15) is 5.75 Å². The molecule has 326 valence electrons. The standard InChI is InChI=1S/C67H47NO/c69-65-36-15-12-30-59(65)53-23-16-22-52(45-53)58-29-11-14-35-64(58)68(57-28-17-21-51(46-57)49-39-37-48(38-40-49)47-19-4-1-5-20-47)56-43-41-50(42-44-56)60-32-18-34-63-66(60)61-31-10-13-33-62(61)67(63,54-24-6-2-7-25-54)55-26-8-3-9-27-55/h1-46,69H. The quantitative estimate of drug-likeness (QED) is 0.148. The molecule has 0 heterocycles. The summed E-state index contributed by atoms with van der Waals surface area (Å²) in [6.45, 7) is 0. The monoisotopic (exact) mass is 881 g/mol. The predicted octanol–water partition coefficient (Wildman–Crippen LogP) is 17.6. The number of anilines is 3. The van der Waals surface area contributed by atoms with Gasteiger partial charge in [-0.05, 0) is 120 Å². The summed E-state index contributed by atoms with van der Waals surface area (Å²) in [6, 6.07) is 99.9. The van der Waals surface area contributed by atoms with E-state index in [0.29, 0.717) is 0 Å². The summed E-state index contributed by atoms with van der Waals surface area (Å²) in [4.78, 5) is 2.38. The van der Waals surface area contributed by atoms with Crippen LogP contribution in [-0.4, -0.2) is 5.11 Å². The minimum Gasteiger partial charge on any atom is -0.507 e. The van der Waals surface area contributed by atoms with Crippen LogP contribution in [0.2, 0.25) is 0 Å². The van der Waals surface area contributed by atoms with E-state index in [0.717, 1.165) is 56.0 Å². The van der Waals surface area contributed by atoms with Crippen LogP contribution in [-0.2, 0) is 5.41 Å². The Morgan fingerprint density at radius 2 is 0.739 bits per heavy atom. The lowest BCUT2D eigenvalue weighted by atomic mass is 9.67. The molecule has 1 aliphatic carbocycles. The summed E-state index contributed by atoms with van der Waals surface area (Å²) in [6.07, 6.45) is 0. The van der Waals surface area contributed by atoms with E-state index in [9.17, 15) is 5.11 Å². The highest BCUT2D eigenvalue weighted by atomic mass is 16.3. The first-order valence-corrected chi connectivity index (χ1v) is 23.6. The van der Waals surface area contributed by atoms with Gasteiger partial charge in [0.15, 0.2) is 0 Å². The lowest BCUT2D eigenvalue weighted by molar-refractivity contribution is 0.477. The zero-order valence-corrected chi connectivity index (χ0v) is 38.0. The van der Waals surface area contributed by atoms with E-state index < -0.39 is 5.41 Å². The molecular weight excluding hydrogens is 835 g/mol. The van der Waals surface area contributed by atoms with Gasteiger partial charge in [-0.15, -0.1) is 0 Å². The number of hydrogen-bond donors (Lipinski definition) is 1. The van der Waals surface area contributed by atoms with E-state index in [2.05, 4.69) is 260 Å². The van der Waals surface area contributed by atoms with Crippen molar-refractivity contribution in [2.45, 2.75) is 5.41 Å². The third-order valence-electron chi connectivity index (χ3n) is 13.9. The van der Waals surface area contributed by atoms with Crippen molar-refractivity contribution in [1.29, 1.82) is 0 Å². The average molecular weight is 882 g/mol. The number of rotatable bonds is 10. The molecule has 0 saturated heterocycles. The van der Waals surface area contributed by atoms with E-state index >= 15 is 0 Å². The van der Waals surface area contributed by atoms with Gasteiger partial charge in [-0.2, -0.15) is 0 Å². The minimum absolute atomic E-state index is 0.261. The Hall–Kier alpha value is -8.98. The highest BCUT2D eigenvalue weighted by Crippen LogP contribution is 2.58. The Morgan fingerprint density at radius 1 is 0.275 bits per heavy atom. The van der Waals surface area contributed by atoms with E-state index in [1.807, 2.05) is 18.2 Å². The Labute approximate surface area is 404 Å². The number of phenols is 1. The Balaban J connectivity index is 1.00. The molecule has 12 rings (SSSR count). The molecular formula is C67H47NO.